The van der Waals surface area contributed by atoms with Crippen LogP contribution >= 0.6 is 0 Å². The average Bonchev–Trinajstić information content (AvgIpc) is 2.71. The van der Waals surface area contributed by atoms with Crippen molar-refractivity contribution in [2.75, 3.05) is 0 Å². The number of hydrogen-bond acceptors (Lipinski definition) is 2. The van der Waals surface area contributed by atoms with E-state index in [9.17, 15) is 4.79 Å². The van der Waals surface area contributed by atoms with Crippen molar-refractivity contribution in [1.82, 2.24) is 9.78 Å². The van der Waals surface area contributed by atoms with Crippen LogP contribution in [-0.2, 0) is 7.05 Å². The number of aryl methyl sites for hydroxylation is 1. The molecule has 0 saturated heterocycles. The molecular weight excluding hydrogens is 224 g/mol. The van der Waals surface area contributed by atoms with Gasteiger partial charge in [-0.2, -0.15) is 5.10 Å². The fourth-order valence-electron chi connectivity index (χ4n) is 1.95. The summed E-state index contributed by atoms with van der Waals surface area (Å²) in [6, 6.07) is 10.3. The normalized spacial score (nSPS) is 10.9. The van der Waals surface area contributed by atoms with Crippen LogP contribution in [0.3, 0.4) is 0 Å². The van der Waals surface area contributed by atoms with Crippen LogP contribution in [0.2, 0.25) is 0 Å². The zero-order valence-electron chi connectivity index (χ0n) is 11.3. The summed E-state index contributed by atoms with van der Waals surface area (Å²) < 4.78 is 1.75. The maximum atomic E-state index is 11.3. The predicted molar refractivity (Wildman–Crippen MR) is 72.7 cm³/mol. The Morgan fingerprint density at radius 2 is 1.83 bits per heavy atom. The molecule has 0 radical (unpaired) electrons. The van der Waals surface area contributed by atoms with Gasteiger partial charge in [-0.25, -0.2) is 0 Å². The number of Topliss-reactive ketones (excluding diaryl/α,β-unsaturated/α-hetero) is 1. The van der Waals surface area contributed by atoms with Gasteiger partial charge in [-0.05, 0) is 23.1 Å². The topological polar surface area (TPSA) is 34.9 Å². The molecule has 3 heteroatoms. The molecule has 0 unspecified atom stereocenters. The summed E-state index contributed by atoms with van der Waals surface area (Å²) in [5, 5.41) is 4.21. The van der Waals surface area contributed by atoms with Crippen LogP contribution in [0.4, 0.5) is 0 Å². The fourth-order valence-corrected chi connectivity index (χ4v) is 1.95. The van der Waals surface area contributed by atoms with Gasteiger partial charge in [-0.15, -0.1) is 0 Å². The van der Waals surface area contributed by atoms with E-state index in [1.807, 2.05) is 13.1 Å². The average molecular weight is 242 g/mol. The Morgan fingerprint density at radius 1 is 1.22 bits per heavy atom. The zero-order chi connectivity index (χ0) is 13.3. The van der Waals surface area contributed by atoms with Crippen molar-refractivity contribution in [2.45, 2.75) is 26.7 Å². The van der Waals surface area contributed by atoms with Gasteiger partial charge >= 0.3 is 0 Å². The lowest BCUT2D eigenvalue weighted by atomic mass is 10.0. The Morgan fingerprint density at radius 3 is 2.28 bits per heavy atom. The second kappa shape index (κ2) is 4.77. The van der Waals surface area contributed by atoms with Crippen molar-refractivity contribution in [1.29, 1.82) is 0 Å². The van der Waals surface area contributed by atoms with Crippen molar-refractivity contribution in [3.05, 3.63) is 41.6 Å². The standard InChI is InChI=1S/C15H18N2O/c1-10(2)12-5-7-13(8-6-12)15-9-14(11(3)18)16-17(15)4/h5-10H,1-4H3. The highest BCUT2D eigenvalue weighted by atomic mass is 16.1. The first-order valence-electron chi connectivity index (χ1n) is 6.14. The van der Waals surface area contributed by atoms with E-state index < -0.39 is 0 Å². The molecule has 0 aliphatic carbocycles. The highest BCUT2D eigenvalue weighted by Gasteiger charge is 2.10. The first-order chi connectivity index (χ1) is 8.49. The lowest BCUT2D eigenvalue weighted by molar-refractivity contribution is 0.101. The Balaban J connectivity index is 2.39. The number of benzene rings is 1. The number of hydrogen-bond donors (Lipinski definition) is 0. The van der Waals surface area contributed by atoms with Gasteiger partial charge in [0.1, 0.15) is 5.69 Å². The van der Waals surface area contributed by atoms with Crippen LogP contribution in [0.15, 0.2) is 30.3 Å². The van der Waals surface area contributed by atoms with Crippen molar-refractivity contribution < 1.29 is 4.79 Å². The summed E-state index contributed by atoms with van der Waals surface area (Å²) in [5.41, 5.74) is 3.88. The van der Waals surface area contributed by atoms with Crippen LogP contribution in [0.5, 0.6) is 0 Å². The smallest absolute Gasteiger partial charge is 0.180 e. The van der Waals surface area contributed by atoms with E-state index in [1.165, 1.54) is 12.5 Å². The third kappa shape index (κ3) is 2.35. The second-order valence-corrected chi connectivity index (χ2v) is 4.87. The summed E-state index contributed by atoms with van der Waals surface area (Å²) in [6.07, 6.45) is 0. The Bertz CT molecular complexity index is 565. The third-order valence-electron chi connectivity index (χ3n) is 3.11. The molecule has 0 saturated carbocycles. The fraction of sp³-hybridized carbons (Fsp3) is 0.333. The highest BCUT2D eigenvalue weighted by molar-refractivity contribution is 5.93. The van der Waals surface area contributed by atoms with Crippen LogP contribution in [0.1, 0.15) is 42.7 Å². The molecule has 18 heavy (non-hydrogen) atoms. The molecule has 2 rings (SSSR count). The minimum Gasteiger partial charge on any atom is -0.293 e. The van der Waals surface area contributed by atoms with Crippen LogP contribution in [0.25, 0.3) is 11.3 Å². The first-order valence-corrected chi connectivity index (χ1v) is 6.14. The number of nitrogens with zero attached hydrogens (tertiary/aromatic N) is 2. The van der Waals surface area contributed by atoms with Gasteiger partial charge in [0.2, 0.25) is 0 Å². The molecule has 1 aromatic heterocycles. The molecule has 0 N–H and O–H groups in total. The summed E-state index contributed by atoms with van der Waals surface area (Å²) in [7, 11) is 1.86. The molecule has 0 atom stereocenters. The van der Waals surface area contributed by atoms with E-state index in [1.54, 1.807) is 4.68 Å². The third-order valence-corrected chi connectivity index (χ3v) is 3.11. The van der Waals surface area contributed by atoms with E-state index in [4.69, 9.17) is 0 Å². The van der Waals surface area contributed by atoms with Gasteiger partial charge in [-0.1, -0.05) is 38.1 Å². The van der Waals surface area contributed by atoms with Crippen molar-refractivity contribution in [3.8, 4) is 11.3 Å². The summed E-state index contributed by atoms with van der Waals surface area (Å²) in [6.45, 7) is 5.88. The Hall–Kier alpha value is -1.90. The maximum absolute atomic E-state index is 11.3. The molecule has 0 amide bonds. The van der Waals surface area contributed by atoms with Crippen molar-refractivity contribution >= 4 is 5.78 Å². The van der Waals surface area contributed by atoms with E-state index in [2.05, 4.69) is 43.2 Å². The Kier molecular flexibility index (Phi) is 3.32. The van der Waals surface area contributed by atoms with Crippen LogP contribution in [0, 0.1) is 0 Å². The SMILES string of the molecule is CC(=O)c1cc(-c2ccc(C(C)C)cc2)n(C)n1. The molecular formula is C15H18N2O. The number of aromatic nitrogens is 2. The monoisotopic (exact) mass is 242 g/mol. The van der Waals surface area contributed by atoms with E-state index in [0.717, 1.165) is 11.3 Å². The molecule has 0 spiro atoms. The molecule has 1 aromatic carbocycles. The predicted octanol–water partition coefficient (Wildman–Crippen LogP) is 3.41. The zero-order valence-corrected chi connectivity index (χ0v) is 11.3. The quantitative estimate of drug-likeness (QED) is 0.773. The summed E-state index contributed by atoms with van der Waals surface area (Å²) >= 11 is 0. The largest absolute Gasteiger partial charge is 0.293 e. The molecule has 1 heterocycles. The van der Waals surface area contributed by atoms with Gasteiger partial charge in [0.25, 0.3) is 0 Å². The van der Waals surface area contributed by atoms with Gasteiger partial charge in [0.05, 0.1) is 5.69 Å². The molecule has 0 aliphatic rings. The van der Waals surface area contributed by atoms with Gasteiger partial charge in [0.15, 0.2) is 5.78 Å². The molecule has 3 nitrogen and oxygen atoms in total. The first kappa shape index (κ1) is 12.6. The maximum Gasteiger partial charge on any atom is 0.180 e. The lowest BCUT2D eigenvalue weighted by Gasteiger charge is -2.06. The number of carbonyl (C=O) groups is 1. The van der Waals surface area contributed by atoms with Gasteiger partial charge < -0.3 is 0 Å². The Labute approximate surface area is 107 Å². The van der Waals surface area contributed by atoms with E-state index in [0.29, 0.717) is 11.6 Å². The van der Waals surface area contributed by atoms with E-state index in [-0.39, 0.29) is 5.78 Å². The molecule has 0 aliphatic heterocycles. The second-order valence-electron chi connectivity index (χ2n) is 4.87. The molecule has 0 fully saturated rings. The number of ketones is 1. The minimum atomic E-state index is -0.00403. The number of carbonyl (C=O) groups excluding carboxylic acids is 1. The van der Waals surface area contributed by atoms with Gasteiger partial charge in [-0.3, -0.25) is 9.48 Å². The van der Waals surface area contributed by atoms with Crippen LogP contribution < -0.4 is 0 Å². The summed E-state index contributed by atoms with van der Waals surface area (Å²) in [4.78, 5) is 11.3. The number of rotatable bonds is 3. The van der Waals surface area contributed by atoms with Crippen LogP contribution in [-0.4, -0.2) is 15.6 Å². The molecule has 0 bridgehead atoms. The van der Waals surface area contributed by atoms with Crippen molar-refractivity contribution in [2.24, 2.45) is 7.05 Å². The summed E-state index contributed by atoms with van der Waals surface area (Å²) in [5.74, 6) is 0.522. The highest BCUT2D eigenvalue weighted by Crippen LogP contribution is 2.23. The van der Waals surface area contributed by atoms with Crippen molar-refractivity contribution in [3.63, 3.8) is 0 Å². The minimum absolute atomic E-state index is 0.00403. The molecule has 2 aromatic rings. The lowest BCUT2D eigenvalue weighted by Crippen LogP contribution is -1.97. The van der Waals surface area contributed by atoms with Gasteiger partial charge in [0, 0.05) is 14.0 Å². The van der Waals surface area contributed by atoms with E-state index >= 15 is 0 Å². The molecule has 94 valence electrons.